The maximum Gasteiger partial charge on any atom is 0.256 e. The van der Waals surface area contributed by atoms with Gasteiger partial charge >= 0.3 is 0 Å². The van der Waals surface area contributed by atoms with Crippen molar-refractivity contribution in [1.29, 1.82) is 0 Å². The van der Waals surface area contributed by atoms with Crippen LogP contribution in [0.5, 0.6) is 11.5 Å². The van der Waals surface area contributed by atoms with Crippen molar-refractivity contribution in [3.8, 4) is 11.5 Å². The SMILES string of the molecule is COc1ccc(CCNC(=O)[C@@H]2CS[C@@H]3c4ccccc4C(=O)N32)cc1OC. The number of nitrogens with zero attached hydrogens (tertiary/aromatic N) is 1. The molecule has 2 aliphatic rings. The van der Waals surface area contributed by atoms with Crippen LogP contribution in [0.15, 0.2) is 42.5 Å². The van der Waals surface area contributed by atoms with E-state index in [1.54, 1.807) is 30.9 Å². The van der Waals surface area contributed by atoms with E-state index in [9.17, 15) is 9.59 Å². The Morgan fingerprint density at radius 1 is 1.18 bits per heavy atom. The Kier molecular flexibility index (Phi) is 5.17. The Balaban J connectivity index is 1.37. The summed E-state index contributed by atoms with van der Waals surface area (Å²) < 4.78 is 10.6. The summed E-state index contributed by atoms with van der Waals surface area (Å²) in [7, 11) is 3.20. The van der Waals surface area contributed by atoms with Crippen LogP contribution in [0.4, 0.5) is 0 Å². The lowest BCUT2D eigenvalue weighted by Gasteiger charge is -2.22. The predicted octanol–water partition coefficient (Wildman–Crippen LogP) is 2.63. The van der Waals surface area contributed by atoms with Gasteiger partial charge in [-0.1, -0.05) is 24.3 Å². The van der Waals surface area contributed by atoms with Gasteiger partial charge in [-0.2, -0.15) is 0 Å². The average molecular weight is 398 g/mol. The predicted molar refractivity (Wildman–Crippen MR) is 108 cm³/mol. The van der Waals surface area contributed by atoms with Crippen LogP contribution in [0.25, 0.3) is 0 Å². The molecule has 2 aromatic rings. The summed E-state index contributed by atoms with van der Waals surface area (Å²) >= 11 is 1.65. The third-order valence-corrected chi connectivity index (χ3v) is 6.46. The van der Waals surface area contributed by atoms with Crippen LogP contribution in [-0.4, -0.2) is 49.3 Å². The Labute approximate surface area is 168 Å². The number of ether oxygens (including phenoxy) is 2. The van der Waals surface area contributed by atoms with Crippen LogP contribution >= 0.6 is 11.8 Å². The molecule has 0 aromatic heterocycles. The molecule has 6 nitrogen and oxygen atoms in total. The molecule has 1 fully saturated rings. The smallest absolute Gasteiger partial charge is 0.256 e. The highest BCUT2D eigenvalue weighted by molar-refractivity contribution is 7.99. The van der Waals surface area contributed by atoms with Gasteiger partial charge in [0.25, 0.3) is 5.91 Å². The summed E-state index contributed by atoms with van der Waals surface area (Å²) in [4.78, 5) is 27.2. The Morgan fingerprint density at radius 2 is 1.96 bits per heavy atom. The van der Waals surface area contributed by atoms with Crippen molar-refractivity contribution in [1.82, 2.24) is 10.2 Å². The molecule has 2 aliphatic heterocycles. The van der Waals surface area contributed by atoms with Gasteiger partial charge in [0, 0.05) is 17.9 Å². The molecule has 0 bridgehead atoms. The summed E-state index contributed by atoms with van der Waals surface area (Å²) in [6, 6.07) is 12.9. The second-order valence-corrected chi connectivity index (χ2v) is 7.84. The van der Waals surface area contributed by atoms with Crippen molar-refractivity contribution in [2.45, 2.75) is 17.8 Å². The van der Waals surface area contributed by atoms with E-state index in [1.807, 2.05) is 42.5 Å². The first-order valence-electron chi connectivity index (χ1n) is 9.16. The van der Waals surface area contributed by atoms with Gasteiger partial charge in [-0.3, -0.25) is 9.59 Å². The second kappa shape index (κ2) is 7.75. The molecule has 7 heteroatoms. The highest BCUT2D eigenvalue weighted by Crippen LogP contribution is 2.48. The lowest BCUT2D eigenvalue weighted by molar-refractivity contribution is -0.124. The van der Waals surface area contributed by atoms with E-state index >= 15 is 0 Å². The van der Waals surface area contributed by atoms with Crippen molar-refractivity contribution in [3.05, 3.63) is 59.2 Å². The topological polar surface area (TPSA) is 67.9 Å². The molecule has 0 radical (unpaired) electrons. The Hall–Kier alpha value is -2.67. The summed E-state index contributed by atoms with van der Waals surface area (Å²) in [6.07, 6.45) is 0.670. The Bertz CT molecular complexity index is 917. The number of hydrogen-bond acceptors (Lipinski definition) is 5. The summed E-state index contributed by atoms with van der Waals surface area (Å²) in [5.74, 6) is 1.81. The third kappa shape index (κ3) is 3.20. The zero-order valence-corrected chi connectivity index (χ0v) is 16.6. The third-order valence-electron chi connectivity index (χ3n) is 5.16. The monoisotopic (exact) mass is 398 g/mol. The van der Waals surface area contributed by atoms with E-state index in [4.69, 9.17) is 9.47 Å². The molecule has 2 amide bonds. The molecule has 0 unspecified atom stereocenters. The number of amides is 2. The summed E-state index contributed by atoms with van der Waals surface area (Å²) in [6.45, 7) is 0.495. The van der Waals surface area contributed by atoms with E-state index in [0.29, 0.717) is 35.8 Å². The average Bonchev–Trinajstić information content (AvgIpc) is 3.28. The first kappa shape index (κ1) is 18.7. The molecule has 1 saturated heterocycles. The number of methoxy groups -OCH3 is 2. The van der Waals surface area contributed by atoms with Crippen molar-refractivity contribution in [2.24, 2.45) is 0 Å². The largest absolute Gasteiger partial charge is 0.493 e. The summed E-state index contributed by atoms with van der Waals surface area (Å²) in [5, 5.41) is 2.93. The van der Waals surface area contributed by atoms with E-state index < -0.39 is 6.04 Å². The number of carbonyl (C=O) groups excluding carboxylic acids is 2. The fourth-order valence-electron chi connectivity index (χ4n) is 3.73. The van der Waals surface area contributed by atoms with Crippen molar-refractivity contribution < 1.29 is 19.1 Å². The number of carbonyl (C=O) groups is 2. The van der Waals surface area contributed by atoms with Crippen molar-refractivity contribution in [2.75, 3.05) is 26.5 Å². The minimum absolute atomic E-state index is 0.0503. The van der Waals surface area contributed by atoms with E-state index in [-0.39, 0.29) is 17.2 Å². The molecule has 0 spiro atoms. The molecular weight excluding hydrogens is 376 g/mol. The zero-order chi connectivity index (χ0) is 19.7. The highest BCUT2D eigenvalue weighted by Gasteiger charge is 2.48. The van der Waals surface area contributed by atoms with E-state index in [1.165, 1.54) is 0 Å². The van der Waals surface area contributed by atoms with Crippen LogP contribution in [0, 0.1) is 0 Å². The van der Waals surface area contributed by atoms with Crippen molar-refractivity contribution >= 4 is 23.6 Å². The van der Waals surface area contributed by atoms with Gasteiger partial charge in [-0.25, -0.2) is 0 Å². The molecule has 1 N–H and O–H groups in total. The molecule has 4 rings (SSSR count). The van der Waals surface area contributed by atoms with Crippen molar-refractivity contribution in [3.63, 3.8) is 0 Å². The summed E-state index contributed by atoms with van der Waals surface area (Å²) in [5.41, 5.74) is 2.77. The van der Waals surface area contributed by atoms with Crippen LogP contribution in [0.1, 0.15) is 26.9 Å². The quantitative estimate of drug-likeness (QED) is 0.810. The number of thioether (sulfide) groups is 1. The van der Waals surface area contributed by atoms with E-state index in [2.05, 4.69) is 5.32 Å². The van der Waals surface area contributed by atoms with Gasteiger partial charge < -0.3 is 19.7 Å². The number of nitrogens with one attached hydrogen (secondary N) is 1. The highest BCUT2D eigenvalue weighted by atomic mass is 32.2. The molecule has 2 atom stereocenters. The standard InChI is InChI=1S/C21H22N2O4S/c1-26-17-8-7-13(11-18(17)27-2)9-10-22-19(24)16-12-28-21-15-6-4-3-5-14(15)20(25)23(16)21/h3-8,11,16,21H,9-10,12H2,1-2H3,(H,22,24)/t16-,21+/m0/s1. The molecular formula is C21H22N2O4S. The van der Waals surface area contributed by atoms with Gasteiger partial charge in [0.05, 0.1) is 14.2 Å². The van der Waals surface area contributed by atoms with Gasteiger partial charge in [0.1, 0.15) is 11.4 Å². The first-order chi connectivity index (χ1) is 13.6. The van der Waals surface area contributed by atoms with E-state index in [0.717, 1.165) is 11.1 Å². The number of fused-ring (bicyclic) bond motifs is 3. The fourth-order valence-corrected chi connectivity index (χ4v) is 5.19. The second-order valence-electron chi connectivity index (χ2n) is 6.73. The minimum atomic E-state index is -0.430. The lowest BCUT2D eigenvalue weighted by Crippen LogP contribution is -2.46. The van der Waals surface area contributed by atoms with Crippen LogP contribution in [0.2, 0.25) is 0 Å². The minimum Gasteiger partial charge on any atom is -0.493 e. The number of rotatable bonds is 6. The molecule has 0 aliphatic carbocycles. The van der Waals surface area contributed by atoms with Crippen LogP contribution in [-0.2, 0) is 11.2 Å². The maximum atomic E-state index is 12.7. The fraction of sp³-hybridized carbons (Fsp3) is 0.333. The molecule has 0 saturated carbocycles. The van der Waals surface area contributed by atoms with Gasteiger partial charge in [-0.05, 0) is 35.7 Å². The zero-order valence-electron chi connectivity index (χ0n) is 15.8. The molecule has 28 heavy (non-hydrogen) atoms. The molecule has 2 heterocycles. The van der Waals surface area contributed by atoms with Crippen LogP contribution < -0.4 is 14.8 Å². The lowest BCUT2D eigenvalue weighted by atomic mass is 10.1. The number of hydrogen-bond donors (Lipinski definition) is 1. The van der Waals surface area contributed by atoms with Crippen LogP contribution in [0.3, 0.4) is 0 Å². The van der Waals surface area contributed by atoms with Gasteiger partial charge in [-0.15, -0.1) is 11.8 Å². The normalized spacial score (nSPS) is 19.9. The molecule has 146 valence electrons. The number of benzene rings is 2. The molecule has 2 aromatic carbocycles. The first-order valence-corrected chi connectivity index (χ1v) is 10.2. The van der Waals surface area contributed by atoms with Gasteiger partial charge in [0.15, 0.2) is 11.5 Å². The van der Waals surface area contributed by atoms with Gasteiger partial charge in [0.2, 0.25) is 5.91 Å². The maximum absolute atomic E-state index is 12.7. The Morgan fingerprint density at radius 3 is 2.75 bits per heavy atom.